The Kier molecular flexibility index (Phi) is 4.31. The minimum atomic E-state index is -0.154. The van der Waals surface area contributed by atoms with E-state index in [9.17, 15) is 4.79 Å². The number of rotatable bonds is 3. The van der Waals surface area contributed by atoms with Gasteiger partial charge in [-0.15, -0.1) is 11.6 Å². The average Bonchev–Trinajstić information content (AvgIpc) is 2.77. The molecule has 2 atom stereocenters. The normalized spacial score (nSPS) is 32.4. The molecule has 2 rings (SSSR count). The van der Waals surface area contributed by atoms with Gasteiger partial charge in [0.25, 0.3) is 0 Å². The van der Waals surface area contributed by atoms with Gasteiger partial charge in [-0.2, -0.15) is 0 Å². The number of carbonyl (C=O) groups is 1. The third kappa shape index (κ3) is 2.94. The summed E-state index contributed by atoms with van der Waals surface area (Å²) in [5, 5.41) is 3.20. The van der Waals surface area contributed by atoms with E-state index in [2.05, 4.69) is 5.32 Å². The molecule has 1 heterocycles. The summed E-state index contributed by atoms with van der Waals surface area (Å²) in [7, 11) is 0. The second-order valence-electron chi connectivity index (χ2n) is 5.43. The van der Waals surface area contributed by atoms with E-state index in [1.165, 1.54) is 19.3 Å². The zero-order valence-electron chi connectivity index (χ0n) is 10.5. The molecular formula is C13H22ClNO2. The molecule has 2 aliphatic rings. The van der Waals surface area contributed by atoms with Crippen LogP contribution in [0, 0.1) is 5.92 Å². The Morgan fingerprint density at radius 2 is 2.12 bits per heavy atom. The van der Waals surface area contributed by atoms with E-state index in [-0.39, 0.29) is 23.5 Å². The van der Waals surface area contributed by atoms with Crippen LogP contribution in [0.2, 0.25) is 0 Å². The van der Waals surface area contributed by atoms with Crippen LogP contribution in [-0.2, 0) is 9.53 Å². The number of carbonyl (C=O) groups excluding carboxylic acids is 1. The maximum Gasteiger partial charge on any atom is 0.226 e. The van der Waals surface area contributed by atoms with E-state index in [0.717, 1.165) is 19.3 Å². The largest absolute Gasteiger partial charge is 0.378 e. The Morgan fingerprint density at radius 3 is 2.65 bits per heavy atom. The molecule has 17 heavy (non-hydrogen) atoms. The van der Waals surface area contributed by atoms with E-state index in [1.807, 2.05) is 6.92 Å². The summed E-state index contributed by atoms with van der Waals surface area (Å²) in [6.07, 6.45) is 6.52. The molecule has 0 aromatic carbocycles. The number of ether oxygens (including phenoxy) is 1. The van der Waals surface area contributed by atoms with Crippen LogP contribution < -0.4 is 5.32 Å². The molecule has 0 aromatic heterocycles. The highest BCUT2D eigenvalue weighted by Gasteiger charge is 2.37. The summed E-state index contributed by atoms with van der Waals surface area (Å²) in [4.78, 5) is 12.2. The highest BCUT2D eigenvalue weighted by Crippen LogP contribution is 2.30. The lowest BCUT2D eigenvalue weighted by atomic mass is 9.82. The number of amides is 1. The van der Waals surface area contributed by atoms with Gasteiger partial charge in [-0.1, -0.05) is 19.3 Å². The third-order valence-electron chi connectivity index (χ3n) is 4.17. The number of hydrogen-bond donors (Lipinski definition) is 1. The van der Waals surface area contributed by atoms with Crippen molar-refractivity contribution in [2.45, 2.75) is 57.1 Å². The van der Waals surface area contributed by atoms with Crippen molar-refractivity contribution in [1.29, 1.82) is 0 Å². The van der Waals surface area contributed by atoms with Crippen molar-refractivity contribution in [3.63, 3.8) is 0 Å². The van der Waals surface area contributed by atoms with Gasteiger partial charge >= 0.3 is 0 Å². The molecule has 3 nitrogen and oxygen atoms in total. The monoisotopic (exact) mass is 259 g/mol. The van der Waals surface area contributed by atoms with E-state index in [1.54, 1.807) is 0 Å². The summed E-state index contributed by atoms with van der Waals surface area (Å²) in [6.45, 7) is 2.68. The molecular weight excluding hydrogens is 238 g/mol. The van der Waals surface area contributed by atoms with Crippen molar-refractivity contribution in [2.24, 2.45) is 5.92 Å². The standard InChI is InChI=1S/C13H22ClNO2/c1-10-11(5-8-17-10)12(16)15-13(9-14)6-3-2-4-7-13/h10-11H,2-9H2,1H3,(H,15,16). The van der Waals surface area contributed by atoms with Crippen molar-refractivity contribution in [1.82, 2.24) is 5.32 Å². The van der Waals surface area contributed by atoms with Crippen LogP contribution in [0.4, 0.5) is 0 Å². The first-order valence-electron chi connectivity index (χ1n) is 6.66. The maximum atomic E-state index is 12.2. The van der Waals surface area contributed by atoms with Crippen LogP contribution in [0.15, 0.2) is 0 Å². The second-order valence-corrected chi connectivity index (χ2v) is 5.70. The molecule has 1 amide bonds. The van der Waals surface area contributed by atoms with Gasteiger partial charge in [0.1, 0.15) is 0 Å². The first kappa shape index (κ1) is 13.2. The lowest BCUT2D eigenvalue weighted by Crippen LogP contribution is -2.53. The van der Waals surface area contributed by atoms with Crippen LogP contribution in [0.1, 0.15) is 45.4 Å². The fourth-order valence-corrected chi connectivity index (χ4v) is 3.28. The molecule has 4 heteroatoms. The Bertz CT molecular complexity index is 277. The molecule has 0 radical (unpaired) electrons. The lowest BCUT2D eigenvalue weighted by Gasteiger charge is -2.37. The molecule has 1 saturated heterocycles. The van der Waals surface area contributed by atoms with Crippen LogP contribution in [0.5, 0.6) is 0 Å². The molecule has 0 spiro atoms. The van der Waals surface area contributed by atoms with Gasteiger partial charge < -0.3 is 10.1 Å². The predicted molar refractivity (Wildman–Crippen MR) is 68.2 cm³/mol. The van der Waals surface area contributed by atoms with Gasteiger partial charge in [0, 0.05) is 12.5 Å². The zero-order chi connectivity index (χ0) is 12.3. The van der Waals surface area contributed by atoms with Crippen LogP contribution >= 0.6 is 11.6 Å². The van der Waals surface area contributed by atoms with Gasteiger partial charge in [-0.25, -0.2) is 0 Å². The third-order valence-corrected chi connectivity index (χ3v) is 4.68. The fraction of sp³-hybridized carbons (Fsp3) is 0.923. The maximum absolute atomic E-state index is 12.2. The Hall–Kier alpha value is -0.280. The first-order valence-corrected chi connectivity index (χ1v) is 7.20. The molecule has 1 aliphatic heterocycles. The van der Waals surface area contributed by atoms with Crippen molar-refractivity contribution >= 4 is 17.5 Å². The molecule has 1 saturated carbocycles. The Labute approximate surface area is 108 Å². The van der Waals surface area contributed by atoms with Crippen LogP contribution in [0.3, 0.4) is 0 Å². The first-order chi connectivity index (χ1) is 8.17. The SMILES string of the molecule is CC1OCCC1C(=O)NC1(CCl)CCCCC1. The number of halogens is 1. The van der Waals surface area contributed by atoms with Crippen molar-refractivity contribution in [3.05, 3.63) is 0 Å². The van der Waals surface area contributed by atoms with Gasteiger partial charge in [0.15, 0.2) is 0 Å². The topological polar surface area (TPSA) is 38.3 Å². The van der Waals surface area contributed by atoms with Crippen molar-refractivity contribution < 1.29 is 9.53 Å². The minimum Gasteiger partial charge on any atom is -0.378 e. The van der Waals surface area contributed by atoms with Gasteiger partial charge in [0.05, 0.1) is 17.6 Å². The molecule has 2 unspecified atom stereocenters. The highest BCUT2D eigenvalue weighted by molar-refractivity contribution is 6.18. The van der Waals surface area contributed by atoms with Crippen molar-refractivity contribution in [2.75, 3.05) is 12.5 Å². The summed E-state index contributed by atoms with van der Waals surface area (Å²) in [6, 6.07) is 0. The van der Waals surface area contributed by atoms with Crippen molar-refractivity contribution in [3.8, 4) is 0 Å². The summed E-state index contributed by atoms with van der Waals surface area (Å²) in [5.74, 6) is 0.676. The molecule has 1 aliphatic carbocycles. The van der Waals surface area contributed by atoms with Gasteiger partial charge in [-0.3, -0.25) is 4.79 Å². The number of hydrogen-bond acceptors (Lipinski definition) is 2. The van der Waals surface area contributed by atoms with Crippen LogP contribution in [-0.4, -0.2) is 30.0 Å². The smallest absolute Gasteiger partial charge is 0.226 e. The summed E-state index contributed by atoms with van der Waals surface area (Å²) < 4.78 is 5.45. The quantitative estimate of drug-likeness (QED) is 0.791. The predicted octanol–water partition coefficient (Wildman–Crippen LogP) is 2.47. The zero-order valence-corrected chi connectivity index (χ0v) is 11.3. The van der Waals surface area contributed by atoms with E-state index in [0.29, 0.717) is 12.5 Å². The summed E-state index contributed by atoms with van der Waals surface area (Å²) >= 11 is 6.08. The molecule has 98 valence electrons. The highest BCUT2D eigenvalue weighted by atomic mass is 35.5. The molecule has 1 N–H and O–H groups in total. The molecule has 0 aromatic rings. The molecule has 0 bridgehead atoms. The molecule has 2 fully saturated rings. The Balaban J connectivity index is 1.95. The van der Waals surface area contributed by atoms with E-state index < -0.39 is 0 Å². The van der Waals surface area contributed by atoms with E-state index >= 15 is 0 Å². The second kappa shape index (κ2) is 5.57. The fourth-order valence-electron chi connectivity index (χ4n) is 2.95. The number of nitrogens with one attached hydrogen (secondary N) is 1. The summed E-state index contributed by atoms with van der Waals surface area (Å²) in [5.41, 5.74) is -0.154. The van der Waals surface area contributed by atoms with Crippen LogP contribution in [0.25, 0.3) is 0 Å². The lowest BCUT2D eigenvalue weighted by molar-refractivity contribution is -0.128. The van der Waals surface area contributed by atoms with Gasteiger partial charge in [0.2, 0.25) is 5.91 Å². The average molecular weight is 260 g/mol. The van der Waals surface area contributed by atoms with Gasteiger partial charge in [-0.05, 0) is 26.2 Å². The number of alkyl halides is 1. The van der Waals surface area contributed by atoms with E-state index in [4.69, 9.17) is 16.3 Å². The Morgan fingerprint density at radius 1 is 1.41 bits per heavy atom. The minimum absolute atomic E-state index is 0.0111.